The van der Waals surface area contributed by atoms with Crippen LogP contribution in [0.4, 0.5) is 4.39 Å². The van der Waals surface area contributed by atoms with E-state index in [2.05, 4.69) is 35.3 Å². The summed E-state index contributed by atoms with van der Waals surface area (Å²) in [7, 11) is 1.71. The summed E-state index contributed by atoms with van der Waals surface area (Å²) in [4.78, 5) is 44.7. The fourth-order valence-electron chi connectivity index (χ4n) is 4.77. The Morgan fingerprint density at radius 2 is 1.55 bits per heavy atom. The number of piperidine rings is 1. The molecule has 2 aromatic carbocycles. The van der Waals surface area contributed by atoms with Crippen LogP contribution in [-0.4, -0.2) is 74.9 Å². The van der Waals surface area contributed by atoms with E-state index < -0.39 is 41.9 Å². The minimum absolute atomic E-state index is 0.0619. The maximum absolute atomic E-state index is 13.3. The Morgan fingerprint density at radius 1 is 1.00 bits per heavy atom. The Balaban J connectivity index is 0.000000366. The molecule has 3 rings (SSSR count). The van der Waals surface area contributed by atoms with E-state index in [9.17, 15) is 23.6 Å². The van der Waals surface area contributed by atoms with Crippen molar-refractivity contribution in [1.29, 1.82) is 0 Å². The number of hydrogen-bond acceptors (Lipinski definition) is 7. The topological polar surface area (TPSA) is 174 Å². The number of rotatable bonds is 10. The molecule has 0 aromatic heterocycles. The molecule has 12 heteroatoms. The van der Waals surface area contributed by atoms with Crippen molar-refractivity contribution in [2.24, 2.45) is 0 Å². The normalized spacial score (nSPS) is 14.8. The SMILES string of the molecule is COc1c(C)cccc1CN1CCC(NC(C)=O)(c2ccc(F)cc2)CC1.O=C(O)CC(O)(CC(=O)O)C(=O)O. The Kier molecular flexibility index (Phi) is 11.1. The highest BCUT2D eigenvalue weighted by Crippen LogP contribution is 2.34. The van der Waals surface area contributed by atoms with E-state index in [0.717, 1.165) is 49.4 Å². The predicted octanol–water partition coefficient (Wildman–Crippen LogP) is 2.52. The quantitative estimate of drug-likeness (QED) is 0.289. The van der Waals surface area contributed by atoms with Gasteiger partial charge in [0.05, 0.1) is 25.5 Å². The molecule has 0 spiro atoms. The molecule has 40 heavy (non-hydrogen) atoms. The average Bonchev–Trinajstić information content (AvgIpc) is 2.85. The number of ether oxygens (including phenoxy) is 1. The van der Waals surface area contributed by atoms with Gasteiger partial charge in [0.15, 0.2) is 5.60 Å². The van der Waals surface area contributed by atoms with Crippen molar-refractivity contribution >= 4 is 23.8 Å². The highest BCUT2D eigenvalue weighted by Gasteiger charge is 2.41. The van der Waals surface area contributed by atoms with Crippen molar-refractivity contribution in [2.45, 2.75) is 57.2 Å². The number of aliphatic carboxylic acids is 3. The molecule has 0 saturated carbocycles. The lowest BCUT2D eigenvalue weighted by molar-refractivity contribution is -0.170. The van der Waals surface area contributed by atoms with Gasteiger partial charge in [-0.1, -0.05) is 30.3 Å². The zero-order chi connectivity index (χ0) is 30.1. The highest BCUT2D eigenvalue weighted by atomic mass is 19.1. The smallest absolute Gasteiger partial charge is 0.336 e. The Bertz CT molecular complexity index is 1190. The van der Waals surface area contributed by atoms with Crippen LogP contribution < -0.4 is 10.1 Å². The van der Waals surface area contributed by atoms with Crippen LogP contribution in [0.5, 0.6) is 5.75 Å². The van der Waals surface area contributed by atoms with Gasteiger partial charge >= 0.3 is 17.9 Å². The zero-order valence-corrected chi connectivity index (χ0v) is 22.6. The van der Waals surface area contributed by atoms with Crippen molar-refractivity contribution in [2.75, 3.05) is 20.2 Å². The van der Waals surface area contributed by atoms with E-state index >= 15 is 0 Å². The Hall–Kier alpha value is -4.03. The van der Waals surface area contributed by atoms with Gasteiger partial charge < -0.3 is 30.5 Å². The summed E-state index contributed by atoms with van der Waals surface area (Å²) in [6.07, 6.45) is -0.720. The summed E-state index contributed by atoms with van der Waals surface area (Å²) in [5, 5.41) is 36.9. The van der Waals surface area contributed by atoms with Gasteiger partial charge in [-0.2, -0.15) is 0 Å². The van der Waals surface area contributed by atoms with E-state index in [1.165, 1.54) is 24.6 Å². The van der Waals surface area contributed by atoms with Crippen LogP contribution in [-0.2, 0) is 31.3 Å². The summed E-state index contributed by atoms with van der Waals surface area (Å²) in [5.74, 6) is -4.40. The Morgan fingerprint density at radius 3 is 2.00 bits per heavy atom. The first-order valence-electron chi connectivity index (χ1n) is 12.5. The lowest BCUT2D eigenvalue weighted by Crippen LogP contribution is -2.52. The van der Waals surface area contributed by atoms with Gasteiger partial charge in [0.1, 0.15) is 11.6 Å². The van der Waals surface area contributed by atoms with Gasteiger partial charge in [0, 0.05) is 32.1 Å². The Labute approximate surface area is 231 Å². The van der Waals surface area contributed by atoms with Crippen LogP contribution in [0.1, 0.15) is 49.3 Å². The number of nitrogens with one attached hydrogen (secondary N) is 1. The monoisotopic (exact) mass is 562 g/mol. The number of methoxy groups -OCH3 is 1. The molecule has 218 valence electrons. The van der Waals surface area contributed by atoms with Crippen molar-refractivity contribution in [3.05, 3.63) is 65.0 Å². The summed E-state index contributed by atoms with van der Waals surface area (Å²) in [6, 6.07) is 12.7. The number of amides is 1. The molecule has 1 aliphatic heterocycles. The molecule has 1 saturated heterocycles. The second-order valence-corrected chi connectivity index (χ2v) is 9.79. The predicted molar refractivity (Wildman–Crippen MR) is 141 cm³/mol. The molecule has 1 aliphatic rings. The second kappa shape index (κ2) is 13.9. The number of benzene rings is 2. The van der Waals surface area contributed by atoms with Crippen LogP contribution in [0.25, 0.3) is 0 Å². The third-order valence-electron chi connectivity index (χ3n) is 6.70. The van der Waals surface area contributed by atoms with E-state index in [4.69, 9.17) is 25.2 Å². The van der Waals surface area contributed by atoms with Crippen molar-refractivity contribution in [3.63, 3.8) is 0 Å². The maximum Gasteiger partial charge on any atom is 0.336 e. The number of aliphatic hydroxyl groups is 1. The third kappa shape index (κ3) is 8.75. The van der Waals surface area contributed by atoms with E-state index in [1.54, 1.807) is 19.2 Å². The van der Waals surface area contributed by atoms with Gasteiger partial charge in [0.25, 0.3) is 0 Å². The van der Waals surface area contributed by atoms with Crippen LogP contribution in [0.2, 0.25) is 0 Å². The summed E-state index contributed by atoms with van der Waals surface area (Å²) < 4.78 is 18.9. The van der Waals surface area contributed by atoms with Gasteiger partial charge in [-0.25, -0.2) is 9.18 Å². The first-order chi connectivity index (χ1) is 18.7. The summed E-state index contributed by atoms with van der Waals surface area (Å²) in [5.41, 5.74) is 0.0915. The number of carboxylic acids is 3. The molecule has 11 nitrogen and oxygen atoms in total. The lowest BCUT2D eigenvalue weighted by atomic mass is 9.80. The fourth-order valence-corrected chi connectivity index (χ4v) is 4.77. The highest BCUT2D eigenvalue weighted by molar-refractivity contribution is 5.88. The molecular weight excluding hydrogens is 527 g/mol. The summed E-state index contributed by atoms with van der Waals surface area (Å²) in [6.45, 7) is 6.08. The standard InChI is InChI=1S/C22H27FN2O2.C6H8O7/c1-16-5-4-6-18(21(16)27-3)15-25-13-11-22(12-14-25,24-17(2)26)19-7-9-20(23)10-8-19;7-3(8)1-6(13,5(11)12)2-4(9)10/h4-10H,11-15H2,1-3H3,(H,24,26);13H,1-2H2,(H,7,8)(H,9,10)(H,11,12). The molecule has 1 heterocycles. The van der Waals surface area contributed by atoms with Gasteiger partial charge in [-0.3, -0.25) is 19.3 Å². The number of carboxylic acid groups (broad SMARTS) is 3. The lowest BCUT2D eigenvalue weighted by Gasteiger charge is -2.43. The van der Waals surface area contributed by atoms with Gasteiger partial charge in [-0.15, -0.1) is 0 Å². The number of aryl methyl sites for hydroxylation is 1. The molecule has 0 aliphatic carbocycles. The molecule has 0 unspecified atom stereocenters. The molecule has 0 bridgehead atoms. The molecule has 1 fully saturated rings. The molecule has 5 N–H and O–H groups in total. The average molecular weight is 563 g/mol. The van der Waals surface area contributed by atoms with Crippen LogP contribution in [0.3, 0.4) is 0 Å². The number of likely N-dealkylation sites (tertiary alicyclic amines) is 1. The number of carbonyl (C=O) groups excluding carboxylic acids is 1. The number of hydrogen-bond donors (Lipinski definition) is 5. The minimum atomic E-state index is -2.74. The van der Waals surface area contributed by atoms with E-state index in [0.29, 0.717) is 0 Å². The summed E-state index contributed by atoms with van der Waals surface area (Å²) >= 11 is 0. The molecule has 0 radical (unpaired) electrons. The first-order valence-corrected chi connectivity index (χ1v) is 12.5. The molecule has 0 atom stereocenters. The third-order valence-corrected chi connectivity index (χ3v) is 6.70. The molecule has 2 aromatic rings. The minimum Gasteiger partial charge on any atom is -0.496 e. The van der Waals surface area contributed by atoms with Crippen molar-refractivity contribution < 1.29 is 48.7 Å². The van der Waals surface area contributed by atoms with Crippen molar-refractivity contribution in [1.82, 2.24) is 10.2 Å². The van der Waals surface area contributed by atoms with E-state index in [1.807, 2.05) is 0 Å². The number of nitrogens with zero attached hydrogens (tertiary/aromatic N) is 1. The molecular formula is C28H35FN2O9. The van der Waals surface area contributed by atoms with Gasteiger partial charge in [-0.05, 0) is 43.0 Å². The van der Waals surface area contributed by atoms with Crippen LogP contribution in [0.15, 0.2) is 42.5 Å². The number of carbonyl (C=O) groups is 4. The van der Waals surface area contributed by atoms with Crippen LogP contribution in [0, 0.1) is 12.7 Å². The van der Waals surface area contributed by atoms with Crippen molar-refractivity contribution in [3.8, 4) is 5.75 Å². The number of para-hydroxylation sites is 1. The largest absolute Gasteiger partial charge is 0.496 e. The first kappa shape index (κ1) is 32.2. The van der Waals surface area contributed by atoms with E-state index in [-0.39, 0.29) is 11.7 Å². The molecule has 1 amide bonds. The second-order valence-electron chi connectivity index (χ2n) is 9.79. The zero-order valence-electron chi connectivity index (χ0n) is 22.6. The van der Waals surface area contributed by atoms with Crippen LogP contribution >= 0.6 is 0 Å². The fraction of sp³-hybridized carbons (Fsp3) is 0.429. The maximum atomic E-state index is 13.3. The van der Waals surface area contributed by atoms with Gasteiger partial charge in [0.2, 0.25) is 5.91 Å². The number of halogens is 1.